The molecule has 1 aromatic carbocycles. The van der Waals surface area contributed by atoms with Crippen LogP contribution in [-0.2, 0) is 4.79 Å². The average Bonchev–Trinajstić information content (AvgIpc) is 3.11. The molecule has 0 saturated carbocycles. The van der Waals surface area contributed by atoms with Crippen LogP contribution in [0.3, 0.4) is 0 Å². The Kier molecular flexibility index (Phi) is 3.58. The number of aliphatic hydroxyl groups excluding tert-OH is 1. The van der Waals surface area contributed by atoms with E-state index >= 15 is 0 Å². The summed E-state index contributed by atoms with van der Waals surface area (Å²) < 4.78 is 0. The van der Waals surface area contributed by atoms with Crippen molar-refractivity contribution in [2.75, 3.05) is 7.05 Å². The van der Waals surface area contributed by atoms with Gasteiger partial charge in [-0.2, -0.15) is 0 Å². The zero-order valence-electron chi connectivity index (χ0n) is 12.2. The molecule has 0 saturated heterocycles. The highest BCUT2D eigenvalue weighted by molar-refractivity contribution is 7.12. The first kappa shape index (κ1) is 14.5. The van der Waals surface area contributed by atoms with E-state index in [4.69, 9.17) is 0 Å². The van der Waals surface area contributed by atoms with Gasteiger partial charge in [0.05, 0.1) is 16.5 Å². The standard InChI is InChI=1S/C17H15NO3S/c1-10-5-7-11(8-6-10)14-13(16(20)17(21)18(14)2)15(19)12-4-3-9-22-12/h3-9,14,20H,1-2H3. The zero-order valence-corrected chi connectivity index (χ0v) is 13.1. The Labute approximate surface area is 132 Å². The average molecular weight is 313 g/mol. The smallest absolute Gasteiger partial charge is 0.289 e. The van der Waals surface area contributed by atoms with E-state index in [9.17, 15) is 14.7 Å². The lowest BCUT2D eigenvalue weighted by Gasteiger charge is -2.22. The molecular weight excluding hydrogens is 298 g/mol. The number of aryl methyl sites for hydroxylation is 1. The van der Waals surface area contributed by atoms with E-state index in [0.29, 0.717) is 4.88 Å². The lowest BCUT2D eigenvalue weighted by atomic mass is 9.95. The number of thiophene rings is 1. The van der Waals surface area contributed by atoms with Crippen LogP contribution in [0, 0.1) is 6.92 Å². The van der Waals surface area contributed by atoms with E-state index in [1.54, 1.807) is 24.6 Å². The topological polar surface area (TPSA) is 57.6 Å². The highest BCUT2D eigenvalue weighted by Crippen LogP contribution is 2.38. The van der Waals surface area contributed by atoms with E-state index in [2.05, 4.69) is 0 Å². The summed E-state index contributed by atoms with van der Waals surface area (Å²) in [5.41, 5.74) is 2.05. The van der Waals surface area contributed by atoms with E-state index in [0.717, 1.165) is 11.1 Å². The van der Waals surface area contributed by atoms with Crippen LogP contribution in [0.2, 0.25) is 0 Å². The lowest BCUT2D eigenvalue weighted by molar-refractivity contribution is -0.128. The summed E-state index contributed by atoms with van der Waals surface area (Å²) in [5.74, 6) is -1.27. The van der Waals surface area contributed by atoms with Crippen LogP contribution in [0.15, 0.2) is 53.1 Å². The molecule has 1 amide bonds. The van der Waals surface area contributed by atoms with Crippen LogP contribution >= 0.6 is 11.3 Å². The van der Waals surface area contributed by atoms with Gasteiger partial charge in [0.25, 0.3) is 5.91 Å². The Balaban J connectivity index is 2.09. The minimum atomic E-state index is -0.553. The number of nitrogens with zero attached hydrogens (tertiary/aromatic N) is 1. The van der Waals surface area contributed by atoms with E-state index in [1.165, 1.54) is 16.2 Å². The number of likely N-dealkylation sites (N-methyl/N-ethyl adjacent to an activating group) is 1. The Morgan fingerprint density at radius 2 is 1.91 bits per heavy atom. The van der Waals surface area contributed by atoms with Crippen molar-refractivity contribution in [1.29, 1.82) is 0 Å². The van der Waals surface area contributed by atoms with Crippen LogP contribution < -0.4 is 0 Å². The molecule has 5 heteroatoms. The fraction of sp³-hybridized carbons (Fsp3) is 0.176. The third kappa shape index (κ3) is 2.23. The lowest BCUT2D eigenvalue weighted by Crippen LogP contribution is -2.26. The van der Waals surface area contributed by atoms with Gasteiger partial charge < -0.3 is 10.0 Å². The molecule has 1 atom stereocenters. The van der Waals surface area contributed by atoms with Crippen molar-refractivity contribution in [3.63, 3.8) is 0 Å². The SMILES string of the molecule is Cc1ccc(C2C(C(=O)c3cccs3)=C(O)C(=O)N2C)cc1. The van der Waals surface area contributed by atoms with Gasteiger partial charge in [0, 0.05) is 7.05 Å². The summed E-state index contributed by atoms with van der Waals surface area (Å²) in [6.07, 6.45) is 0. The number of hydrogen-bond donors (Lipinski definition) is 1. The summed E-state index contributed by atoms with van der Waals surface area (Å²) in [6, 6.07) is 10.5. The van der Waals surface area contributed by atoms with Gasteiger partial charge in [-0.3, -0.25) is 9.59 Å². The van der Waals surface area contributed by atoms with Crippen LogP contribution in [-0.4, -0.2) is 28.7 Å². The first-order valence-electron chi connectivity index (χ1n) is 6.85. The molecule has 1 N–H and O–H groups in total. The molecule has 2 aromatic rings. The molecule has 1 aliphatic heterocycles. The van der Waals surface area contributed by atoms with Crippen molar-refractivity contribution in [3.05, 3.63) is 69.1 Å². The molecule has 3 rings (SSSR count). The largest absolute Gasteiger partial charge is 0.503 e. The van der Waals surface area contributed by atoms with Crippen LogP contribution in [0.5, 0.6) is 0 Å². The Morgan fingerprint density at radius 3 is 2.50 bits per heavy atom. The minimum Gasteiger partial charge on any atom is -0.503 e. The summed E-state index contributed by atoms with van der Waals surface area (Å²) in [6.45, 7) is 1.97. The summed E-state index contributed by atoms with van der Waals surface area (Å²) in [5, 5.41) is 12.0. The molecular formula is C17H15NO3S. The van der Waals surface area contributed by atoms with E-state index < -0.39 is 17.7 Å². The van der Waals surface area contributed by atoms with Gasteiger partial charge in [0.1, 0.15) is 0 Å². The Bertz CT molecular complexity index is 760. The molecule has 0 spiro atoms. The number of carbonyl (C=O) groups is 2. The van der Waals surface area contributed by atoms with Gasteiger partial charge in [-0.05, 0) is 23.9 Å². The minimum absolute atomic E-state index is 0.152. The molecule has 0 aliphatic carbocycles. The number of benzene rings is 1. The fourth-order valence-electron chi connectivity index (χ4n) is 2.63. The van der Waals surface area contributed by atoms with Crippen molar-refractivity contribution in [1.82, 2.24) is 4.90 Å². The molecule has 0 bridgehead atoms. The van der Waals surface area contributed by atoms with Gasteiger partial charge >= 0.3 is 0 Å². The van der Waals surface area contributed by atoms with Crippen molar-refractivity contribution >= 4 is 23.0 Å². The maximum Gasteiger partial charge on any atom is 0.289 e. The third-order valence-corrected chi connectivity index (χ3v) is 4.69. The molecule has 0 radical (unpaired) electrons. The van der Waals surface area contributed by atoms with Crippen LogP contribution in [0.1, 0.15) is 26.8 Å². The predicted octanol–water partition coefficient (Wildman–Crippen LogP) is 3.26. The molecule has 1 aromatic heterocycles. The first-order valence-corrected chi connectivity index (χ1v) is 7.73. The van der Waals surface area contributed by atoms with Crippen LogP contribution in [0.25, 0.3) is 0 Å². The van der Waals surface area contributed by atoms with Crippen molar-refractivity contribution in [3.8, 4) is 0 Å². The van der Waals surface area contributed by atoms with Crippen LogP contribution in [0.4, 0.5) is 0 Å². The zero-order chi connectivity index (χ0) is 15.9. The third-order valence-electron chi connectivity index (χ3n) is 3.82. The number of Topliss-reactive ketones (excluding diaryl/α,β-unsaturated/α-hetero) is 1. The number of rotatable bonds is 3. The second kappa shape index (κ2) is 5.42. The van der Waals surface area contributed by atoms with Crippen molar-refractivity contribution in [2.24, 2.45) is 0 Å². The molecule has 1 unspecified atom stereocenters. The second-order valence-electron chi connectivity index (χ2n) is 5.30. The Morgan fingerprint density at radius 1 is 1.23 bits per heavy atom. The predicted molar refractivity (Wildman–Crippen MR) is 85.0 cm³/mol. The number of aliphatic hydroxyl groups is 1. The number of amides is 1. The summed E-state index contributed by atoms with van der Waals surface area (Å²) >= 11 is 1.30. The molecule has 22 heavy (non-hydrogen) atoms. The quantitative estimate of drug-likeness (QED) is 0.885. The van der Waals surface area contributed by atoms with E-state index in [1.807, 2.05) is 31.2 Å². The normalized spacial score (nSPS) is 18.2. The number of ketones is 1. The molecule has 4 nitrogen and oxygen atoms in total. The van der Waals surface area contributed by atoms with Gasteiger partial charge in [0.15, 0.2) is 5.76 Å². The number of carbonyl (C=O) groups excluding carboxylic acids is 2. The highest BCUT2D eigenvalue weighted by Gasteiger charge is 2.41. The monoisotopic (exact) mass is 313 g/mol. The summed E-state index contributed by atoms with van der Waals surface area (Å²) in [4.78, 5) is 26.7. The maximum atomic E-state index is 12.7. The van der Waals surface area contributed by atoms with Gasteiger partial charge in [-0.25, -0.2) is 0 Å². The van der Waals surface area contributed by atoms with Gasteiger partial charge in [0.2, 0.25) is 5.78 Å². The van der Waals surface area contributed by atoms with E-state index in [-0.39, 0.29) is 11.4 Å². The second-order valence-corrected chi connectivity index (χ2v) is 6.25. The summed E-state index contributed by atoms with van der Waals surface area (Å²) in [7, 11) is 1.60. The molecule has 1 aliphatic rings. The van der Waals surface area contributed by atoms with Gasteiger partial charge in [-0.15, -0.1) is 11.3 Å². The molecule has 112 valence electrons. The maximum absolute atomic E-state index is 12.7. The highest BCUT2D eigenvalue weighted by atomic mass is 32.1. The molecule has 2 heterocycles. The van der Waals surface area contributed by atoms with Gasteiger partial charge in [-0.1, -0.05) is 35.9 Å². The molecule has 0 fully saturated rings. The van der Waals surface area contributed by atoms with Crippen molar-refractivity contribution < 1.29 is 14.7 Å². The van der Waals surface area contributed by atoms with Crippen molar-refractivity contribution in [2.45, 2.75) is 13.0 Å². The fourth-order valence-corrected chi connectivity index (χ4v) is 3.31. The Hall–Kier alpha value is -2.40. The first-order chi connectivity index (χ1) is 10.5. The number of hydrogen-bond acceptors (Lipinski definition) is 4.